The van der Waals surface area contributed by atoms with E-state index >= 15 is 0 Å². The number of rotatable bonds is 3. The Hall–Kier alpha value is -1.07. The maximum atomic E-state index is 12.0. The van der Waals surface area contributed by atoms with E-state index in [1.54, 1.807) is 14.0 Å². The monoisotopic (exact) mass is 340 g/mol. The third kappa shape index (κ3) is 3.15. The van der Waals surface area contributed by atoms with Crippen LogP contribution in [0.25, 0.3) is 0 Å². The van der Waals surface area contributed by atoms with Crippen LogP contribution in [-0.2, 0) is 4.79 Å². The van der Waals surface area contributed by atoms with Crippen molar-refractivity contribution >= 4 is 27.5 Å². The number of anilines is 1. The van der Waals surface area contributed by atoms with Gasteiger partial charge in [0.1, 0.15) is 6.04 Å². The Morgan fingerprint density at radius 1 is 1.50 bits per heavy atom. The largest absolute Gasteiger partial charge is 0.389 e. The number of carbonyl (C=O) groups excluding carboxylic acids is 1. The molecule has 1 aromatic carbocycles. The minimum atomic E-state index is -0.505. The highest BCUT2D eigenvalue weighted by molar-refractivity contribution is 9.10. The number of hydrogen-bond acceptors (Lipinski definition) is 3. The van der Waals surface area contributed by atoms with E-state index in [1.807, 2.05) is 18.2 Å². The third-order valence-electron chi connectivity index (χ3n) is 3.82. The molecule has 0 radical (unpaired) electrons. The third-order valence-corrected chi connectivity index (χ3v) is 4.50. The topological polar surface area (TPSA) is 52.6 Å². The molecule has 2 atom stereocenters. The van der Waals surface area contributed by atoms with E-state index in [0.29, 0.717) is 0 Å². The Morgan fingerprint density at radius 2 is 2.25 bits per heavy atom. The molecular formula is C15H21BrN2O2. The Kier molecular flexibility index (Phi) is 5.05. The molecule has 0 aromatic heterocycles. The molecule has 2 rings (SSSR count). The van der Waals surface area contributed by atoms with Crippen molar-refractivity contribution in [2.75, 3.05) is 18.5 Å². The van der Waals surface area contributed by atoms with E-state index in [0.717, 1.165) is 41.5 Å². The highest BCUT2D eigenvalue weighted by Crippen LogP contribution is 2.31. The summed E-state index contributed by atoms with van der Waals surface area (Å²) in [5.74, 6) is 0.0698. The van der Waals surface area contributed by atoms with Gasteiger partial charge in [-0.05, 0) is 43.9 Å². The van der Waals surface area contributed by atoms with Gasteiger partial charge in [-0.15, -0.1) is 0 Å². The normalized spacial score (nSPS) is 20.6. The molecule has 1 saturated heterocycles. The number of nitrogens with zero attached hydrogens (tertiary/aromatic N) is 1. The first-order valence-electron chi connectivity index (χ1n) is 7.00. The lowest BCUT2D eigenvalue weighted by Crippen LogP contribution is -2.48. The molecular weight excluding hydrogens is 320 g/mol. The summed E-state index contributed by atoms with van der Waals surface area (Å²) in [7, 11) is 1.68. The first-order valence-corrected chi connectivity index (χ1v) is 7.79. The Balaban J connectivity index is 2.28. The molecule has 0 bridgehead atoms. The quantitative estimate of drug-likeness (QED) is 0.889. The summed E-state index contributed by atoms with van der Waals surface area (Å²) in [6, 6.07) is 5.79. The van der Waals surface area contributed by atoms with Crippen LogP contribution >= 0.6 is 15.9 Å². The molecule has 1 aromatic rings. The van der Waals surface area contributed by atoms with Crippen LogP contribution in [0.3, 0.4) is 0 Å². The Morgan fingerprint density at radius 3 is 2.85 bits per heavy atom. The number of amides is 1. The van der Waals surface area contributed by atoms with Crippen molar-refractivity contribution in [2.24, 2.45) is 0 Å². The van der Waals surface area contributed by atoms with E-state index in [4.69, 9.17) is 0 Å². The number of carbonyl (C=O) groups is 1. The molecule has 2 N–H and O–H groups in total. The summed E-state index contributed by atoms with van der Waals surface area (Å²) in [6.07, 6.45) is 2.56. The van der Waals surface area contributed by atoms with Crippen LogP contribution in [-0.4, -0.2) is 30.6 Å². The minimum Gasteiger partial charge on any atom is -0.389 e. The zero-order chi connectivity index (χ0) is 14.7. The van der Waals surface area contributed by atoms with Gasteiger partial charge in [0.15, 0.2) is 0 Å². The van der Waals surface area contributed by atoms with Gasteiger partial charge < -0.3 is 15.3 Å². The fraction of sp³-hybridized carbons (Fsp3) is 0.533. The second kappa shape index (κ2) is 6.59. The van der Waals surface area contributed by atoms with Crippen LogP contribution < -0.4 is 10.2 Å². The van der Waals surface area contributed by atoms with E-state index in [9.17, 15) is 9.90 Å². The van der Waals surface area contributed by atoms with Crippen LogP contribution in [0, 0.1) is 0 Å². The van der Waals surface area contributed by atoms with Crippen molar-refractivity contribution in [1.29, 1.82) is 0 Å². The number of aliphatic hydroxyl groups is 1. The molecule has 0 aliphatic carbocycles. The zero-order valence-electron chi connectivity index (χ0n) is 11.9. The van der Waals surface area contributed by atoms with Gasteiger partial charge in [-0.3, -0.25) is 4.79 Å². The van der Waals surface area contributed by atoms with E-state index < -0.39 is 6.10 Å². The average Bonchev–Trinajstić information content (AvgIpc) is 2.46. The van der Waals surface area contributed by atoms with E-state index in [-0.39, 0.29) is 11.9 Å². The first-order chi connectivity index (χ1) is 9.54. The van der Waals surface area contributed by atoms with Gasteiger partial charge in [-0.25, -0.2) is 0 Å². The molecule has 5 heteroatoms. The van der Waals surface area contributed by atoms with Crippen LogP contribution in [0.15, 0.2) is 22.7 Å². The van der Waals surface area contributed by atoms with Gasteiger partial charge in [0.2, 0.25) is 5.91 Å². The number of nitrogens with one attached hydrogen (secondary N) is 1. The lowest BCUT2D eigenvalue weighted by molar-refractivity contribution is -0.122. The van der Waals surface area contributed by atoms with E-state index in [1.165, 1.54) is 0 Å². The van der Waals surface area contributed by atoms with Crippen molar-refractivity contribution in [3.63, 3.8) is 0 Å². The standard InChI is InChI=1S/C15H21BrN2O2/c1-10(19)12-7-6-11(9-13(12)16)18-8-4-3-5-14(18)15(20)17-2/h6-7,9-10,14,19H,3-5,8H2,1-2H3,(H,17,20)/t10-,14?/m1/s1. The fourth-order valence-electron chi connectivity index (χ4n) is 2.71. The maximum Gasteiger partial charge on any atom is 0.242 e. The van der Waals surface area contributed by atoms with Crippen molar-refractivity contribution in [3.05, 3.63) is 28.2 Å². The van der Waals surface area contributed by atoms with E-state index in [2.05, 4.69) is 26.1 Å². The summed E-state index contributed by atoms with van der Waals surface area (Å²) in [6.45, 7) is 2.63. The predicted octanol–water partition coefficient (Wildman–Crippen LogP) is 2.61. The van der Waals surface area contributed by atoms with Crippen LogP contribution in [0.2, 0.25) is 0 Å². The SMILES string of the molecule is CNC(=O)C1CCCCN1c1ccc([C@@H](C)O)c(Br)c1. The van der Waals surface area contributed by atoms with Gasteiger partial charge in [-0.2, -0.15) is 0 Å². The lowest BCUT2D eigenvalue weighted by Gasteiger charge is -2.36. The molecule has 1 fully saturated rings. The summed E-state index contributed by atoms with van der Waals surface area (Å²) in [4.78, 5) is 14.2. The number of aliphatic hydroxyl groups excluding tert-OH is 1. The van der Waals surface area contributed by atoms with Crippen LogP contribution in [0.1, 0.15) is 37.9 Å². The fourth-order valence-corrected chi connectivity index (χ4v) is 3.41. The second-order valence-corrected chi connectivity index (χ2v) is 6.06. The van der Waals surface area contributed by atoms with Crippen LogP contribution in [0.4, 0.5) is 5.69 Å². The lowest BCUT2D eigenvalue weighted by atomic mass is 10.00. The summed E-state index contributed by atoms with van der Waals surface area (Å²) < 4.78 is 0.881. The first kappa shape index (κ1) is 15.3. The molecule has 110 valence electrons. The van der Waals surface area contributed by atoms with Crippen molar-refractivity contribution < 1.29 is 9.90 Å². The highest BCUT2D eigenvalue weighted by atomic mass is 79.9. The second-order valence-electron chi connectivity index (χ2n) is 5.20. The number of hydrogen-bond donors (Lipinski definition) is 2. The minimum absolute atomic E-state index is 0.0698. The number of likely N-dealkylation sites (N-methyl/N-ethyl adjacent to an activating group) is 1. The molecule has 20 heavy (non-hydrogen) atoms. The Labute approximate surface area is 128 Å². The van der Waals surface area contributed by atoms with Gasteiger partial charge >= 0.3 is 0 Å². The molecule has 1 unspecified atom stereocenters. The Bertz CT molecular complexity index is 491. The molecule has 1 aliphatic heterocycles. The summed E-state index contributed by atoms with van der Waals surface area (Å²) >= 11 is 3.50. The maximum absolute atomic E-state index is 12.0. The van der Waals surface area contributed by atoms with Crippen molar-refractivity contribution in [2.45, 2.75) is 38.3 Å². The smallest absolute Gasteiger partial charge is 0.242 e. The molecule has 1 heterocycles. The van der Waals surface area contributed by atoms with Gasteiger partial charge in [0.25, 0.3) is 0 Å². The van der Waals surface area contributed by atoms with Crippen LogP contribution in [0.5, 0.6) is 0 Å². The number of piperidine rings is 1. The van der Waals surface area contributed by atoms with Crippen molar-refractivity contribution in [1.82, 2.24) is 5.32 Å². The predicted molar refractivity (Wildman–Crippen MR) is 83.8 cm³/mol. The number of halogens is 1. The summed E-state index contributed by atoms with van der Waals surface area (Å²) in [5, 5.41) is 12.4. The molecule has 1 aliphatic rings. The molecule has 0 saturated carbocycles. The average molecular weight is 341 g/mol. The van der Waals surface area contributed by atoms with Gasteiger partial charge in [0, 0.05) is 23.8 Å². The molecule has 4 nitrogen and oxygen atoms in total. The summed E-state index contributed by atoms with van der Waals surface area (Å²) in [5.41, 5.74) is 1.89. The molecule has 1 amide bonds. The number of benzene rings is 1. The van der Waals surface area contributed by atoms with Crippen molar-refractivity contribution in [3.8, 4) is 0 Å². The highest BCUT2D eigenvalue weighted by Gasteiger charge is 2.28. The van der Waals surface area contributed by atoms with Gasteiger partial charge in [-0.1, -0.05) is 22.0 Å². The zero-order valence-corrected chi connectivity index (χ0v) is 13.5. The van der Waals surface area contributed by atoms with Gasteiger partial charge in [0.05, 0.1) is 6.10 Å². The molecule has 0 spiro atoms.